The molecule has 5 nitrogen and oxygen atoms in total. The summed E-state index contributed by atoms with van der Waals surface area (Å²) in [7, 11) is 1.62. The van der Waals surface area contributed by atoms with Crippen LogP contribution in [0.1, 0.15) is 6.92 Å². The van der Waals surface area contributed by atoms with Gasteiger partial charge in [-0.1, -0.05) is 23.2 Å². The third-order valence-electron chi connectivity index (χ3n) is 3.69. The van der Waals surface area contributed by atoms with Crippen LogP contribution < -0.4 is 14.8 Å². The molecule has 2 aromatic carbocycles. The summed E-state index contributed by atoms with van der Waals surface area (Å²) in [5, 5.41) is 5.96. The minimum atomic E-state index is -0.753. The second-order valence-electron chi connectivity index (χ2n) is 5.59. The van der Waals surface area contributed by atoms with Gasteiger partial charge in [-0.15, -0.1) is 11.3 Å². The largest absolute Gasteiger partial charge is 0.497 e. The van der Waals surface area contributed by atoms with Gasteiger partial charge in [0.1, 0.15) is 11.5 Å². The van der Waals surface area contributed by atoms with Crippen LogP contribution in [0.25, 0.3) is 11.3 Å². The number of carbonyl (C=O) groups excluding carboxylic acids is 1. The minimum absolute atomic E-state index is 0.323. The summed E-state index contributed by atoms with van der Waals surface area (Å²) < 4.78 is 10.8. The molecule has 0 radical (unpaired) electrons. The molecule has 3 aromatic rings. The molecule has 8 heteroatoms. The highest BCUT2D eigenvalue weighted by atomic mass is 35.5. The Labute approximate surface area is 170 Å². The number of nitrogens with one attached hydrogen (secondary N) is 1. The van der Waals surface area contributed by atoms with Crippen LogP contribution in [-0.4, -0.2) is 24.1 Å². The highest BCUT2D eigenvalue weighted by Gasteiger charge is 2.18. The zero-order valence-electron chi connectivity index (χ0n) is 14.5. The molecule has 1 amide bonds. The lowest BCUT2D eigenvalue weighted by Gasteiger charge is -2.14. The van der Waals surface area contributed by atoms with Gasteiger partial charge in [0.2, 0.25) is 0 Å². The Morgan fingerprint density at radius 2 is 1.93 bits per heavy atom. The van der Waals surface area contributed by atoms with Crippen molar-refractivity contribution < 1.29 is 14.3 Å². The van der Waals surface area contributed by atoms with E-state index in [1.54, 1.807) is 32.2 Å². The fourth-order valence-electron chi connectivity index (χ4n) is 2.25. The molecule has 1 atom stereocenters. The highest BCUT2D eigenvalue weighted by molar-refractivity contribution is 7.14. The Morgan fingerprint density at radius 1 is 1.19 bits per heavy atom. The van der Waals surface area contributed by atoms with Gasteiger partial charge in [-0.05, 0) is 49.4 Å². The van der Waals surface area contributed by atoms with E-state index in [0.29, 0.717) is 20.9 Å². The normalized spacial score (nSPS) is 11.7. The van der Waals surface area contributed by atoms with Gasteiger partial charge >= 0.3 is 0 Å². The summed E-state index contributed by atoms with van der Waals surface area (Å²) in [5.41, 5.74) is 1.71. The zero-order valence-corrected chi connectivity index (χ0v) is 16.9. The number of carbonyl (C=O) groups is 1. The van der Waals surface area contributed by atoms with Crippen molar-refractivity contribution in [1.29, 1.82) is 0 Å². The molecule has 0 aliphatic heterocycles. The minimum Gasteiger partial charge on any atom is -0.497 e. The number of ether oxygens (including phenoxy) is 2. The Morgan fingerprint density at radius 3 is 2.59 bits per heavy atom. The molecular weight excluding hydrogens is 407 g/mol. The topological polar surface area (TPSA) is 60.5 Å². The van der Waals surface area contributed by atoms with Gasteiger partial charge in [-0.25, -0.2) is 4.98 Å². The number of nitrogens with zero attached hydrogens (tertiary/aromatic N) is 1. The summed E-state index contributed by atoms with van der Waals surface area (Å²) >= 11 is 13.3. The summed E-state index contributed by atoms with van der Waals surface area (Å²) in [5.74, 6) is 0.841. The van der Waals surface area contributed by atoms with Crippen molar-refractivity contribution >= 4 is 45.6 Å². The van der Waals surface area contributed by atoms with E-state index in [4.69, 9.17) is 32.7 Å². The Balaban J connectivity index is 1.64. The molecule has 0 saturated carbocycles. The van der Waals surface area contributed by atoms with Crippen molar-refractivity contribution in [1.82, 2.24) is 4.98 Å². The van der Waals surface area contributed by atoms with E-state index in [1.165, 1.54) is 11.3 Å². The second kappa shape index (κ2) is 8.61. The van der Waals surface area contributed by atoms with Gasteiger partial charge in [0.15, 0.2) is 11.2 Å². The number of benzene rings is 2. The van der Waals surface area contributed by atoms with E-state index in [-0.39, 0.29) is 5.91 Å². The van der Waals surface area contributed by atoms with Crippen molar-refractivity contribution in [3.05, 3.63) is 57.9 Å². The highest BCUT2D eigenvalue weighted by Crippen LogP contribution is 2.29. The number of hydrogen-bond donors (Lipinski definition) is 1. The number of hydrogen-bond acceptors (Lipinski definition) is 5. The summed E-state index contributed by atoms with van der Waals surface area (Å²) in [6, 6.07) is 12.4. The molecular formula is C19H16Cl2N2O3S. The lowest BCUT2D eigenvalue weighted by molar-refractivity contribution is -0.122. The molecule has 0 unspecified atom stereocenters. The Hall–Kier alpha value is -2.28. The van der Waals surface area contributed by atoms with Crippen LogP contribution in [-0.2, 0) is 4.79 Å². The molecule has 140 valence electrons. The number of rotatable bonds is 6. The van der Waals surface area contributed by atoms with Crippen LogP contribution in [0, 0.1) is 0 Å². The van der Waals surface area contributed by atoms with Gasteiger partial charge < -0.3 is 9.47 Å². The first-order valence-corrected chi connectivity index (χ1v) is 9.62. The maximum Gasteiger partial charge on any atom is 0.266 e. The van der Waals surface area contributed by atoms with E-state index < -0.39 is 6.10 Å². The monoisotopic (exact) mass is 422 g/mol. The molecule has 0 aliphatic rings. The van der Waals surface area contributed by atoms with Crippen LogP contribution in [0.2, 0.25) is 10.0 Å². The van der Waals surface area contributed by atoms with Crippen molar-refractivity contribution in [3.8, 4) is 22.8 Å². The first-order valence-electron chi connectivity index (χ1n) is 7.99. The predicted molar refractivity (Wildman–Crippen MR) is 109 cm³/mol. The molecule has 0 fully saturated rings. The standard InChI is InChI=1S/C19H16Cl2N2O3S/c1-11(26-17-8-5-13(20)9-15(17)21)18(24)23-19-22-16(10-27-19)12-3-6-14(25-2)7-4-12/h3-11H,1-2H3,(H,22,23,24)/t11-/m0/s1. The van der Waals surface area contributed by atoms with E-state index >= 15 is 0 Å². The first-order chi connectivity index (χ1) is 13.0. The fourth-order valence-corrected chi connectivity index (χ4v) is 3.42. The van der Waals surface area contributed by atoms with Crippen LogP contribution in [0.4, 0.5) is 5.13 Å². The molecule has 1 heterocycles. The number of amides is 1. The van der Waals surface area contributed by atoms with Gasteiger partial charge in [-0.2, -0.15) is 0 Å². The first kappa shape index (κ1) is 19.5. The van der Waals surface area contributed by atoms with E-state index in [0.717, 1.165) is 17.0 Å². The third-order valence-corrected chi connectivity index (χ3v) is 4.98. The van der Waals surface area contributed by atoms with Crippen LogP contribution in [0.3, 0.4) is 0 Å². The van der Waals surface area contributed by atoms with Gasteiger partial charge in [0.25, 0.3) is 5.91 Å². The van der Waals surface area contributed by atoms with Gasteiger partial charge in [-0.3, -0.25) is 10.1 Å². The number of halogens is 2. The Bertz CT molecular complexity index is 944. The van der Waals surface area contributed by atoms with Crippen molar-refractivity contribution in [2.24, 2.45) is 0 Å². The average Bonchev–Trinajstić information content (AvgIpc) is 3.12. The maximum absolute atomic E-state index is 12.4. The van der Waals surface area contributed by atoms with Crippen LogP contribution >= 0.6 is 34.5 Å². The Kier molecular flexibility index (Phi) is 6.21. The molecule has 0 bridgehead atoms. The number of aromatic nitrogens is 1. The summed E-state index contributed by atoms with van der Waals surface area (Å²) in [4.78, 5) is 16.8. The molecule has 0 saturated heterocycles. The second-order valence-corrected chi connectivity index (χ2v) is 7.29. The number of methoxy groups -OCH3 is 1. The predicted octanol–water partition coefficient (Wildman–Crippen LogP) is 5.53. The van der Waals surface area contributed by atoms with Crippen molar-refractivity contribution in [2.75, 3.05) is 12.4 Å². The van der Waals surface area contributed by atoms with Gasteiger partial charge in [0.05, 0.1) is 17.8 Å². The molecule has 0 aliphatic carbocycles. The van der Waals surface area contributed by atoms with E-state index in [2.05, 4.69) is 10.3 Å². The SMILES string of the molecule is COc1ccc(-c2csc(NC(=O)[C@H](C)Oc3ccc(Cl)cc3Cl)n2)cc1. The van der Waals surface area contributed by atoms with Crippen LogP contribution in [0.15, 0.2) is 47.8 Å². The molecule has 1 aromatic heterocycles. The lowest BCUT2D eigenvalue weighted by Crippen LogP contribution is -2.30. The molecule has 27 heavy (non-hydrogen) atoms. The molecule has 1 N–H and O–H groups in total. The lowest BCUT2D eigenvalue weighted by atomic mass is 10.2. The maximum atomic E-state index is 12.4. The number of anilines is 1. The summed E-state index contributed by atoms with van der Waals surface area (Å²) in [6.07, 6.45) is -0.753. The smallest absolute Gasteiger partial charge is 0.266 e. The zero-order chi connectivity index (χ0) is 19.4. The summed E-state index contributed by atoms with van der Waals surface area (Å²) in [6.45, 7) is 1.64. The van der Waals surface area contributed by atoms with E-state index in [9.17, 15) is 4.79 Å². The third kappa shape index (κ3) is 4.91. The van der Waals surface area contributed by atoms with Crippen LogP contribution in [0.5, 0.6) is 11.5 Å². The molecule has 0 spiro atoms. The quantitative estimate of drug-likeness (QED) is 0.566. The van der Waals surface area contributed by atoms with E-state index in [1.807, 2.05) is 29.6 Å². The van der Waals surface area contributed by atoms with Crippen molar-refractivity contribution in [3.63, 3.8) is 0 Å². The van der Waals surface area contributed by atoms with Gasteiger partial charge in [0, 0.05) is 16.0 Å². The number of thiazole rings is 1. The molecule has 3 rings (SSSR count). The average molecular weight is 423 g/mol. The fraction of sp³-hybridized carbons (Fsp3) is 0.158. The van der Waals surface area contributed by atoms with Crippen molar-refractivity contribution in [2.45, 2.75) is 13.0 Å².